The monoisotopic (exact) mass is 241 g/mol. The first kappa shape index (κ1) is 12.5. The number of ketones is 1. The summed E-state index contributed by atoms with van der Waals surface area (Å²) < 4.78 is 4.56. The zero-order valence-electron chi connectivity index (χ0n) is 8.83. The molecule has 16 heavy (non-hydrogen) atoms. The highest BCUT2D eigenvalue weighted by molar-refractivity contribution is 6.19. The van der Waals surface area contributed by atoms with E-state index in [1.54, 1.807) is 6.07 Å². The first-order valence-electron chi connectivity index (χ1n) is 4.67. The number of carbonyl (C=O) groups is 2. The number of anilines is 1. The quantitative estimate of drug-likeness (QED) is 0.378. The van der Waals surface area contributed by atoms with Crippen molar-refractivity contribution in [1.82, 2.24) is 0 Å². The van der Waals surface area contributed by atoms with Gasteiger partial charge in [0.25, 0.3) is 0 Å². The minimum Gasteiger partial charge on any atom is -0.465 e. The van der Waals surface area contributed by atoms with Crippen LogP contribution in [0.25, 0.3) is 0 Å². The van der Waals surface area contributed by atoms with Crippen LogP contribution in [0.2, 0.25) is 0 Å². The van der Waals surface area contributed by atoms with E-state index in [4.69, 9.17) is 17.3 Å². The molecule has 0 heterocycles. The van der Waals surface area contributed by atoms with E-state index in [0.29, 0.717) is 5.56 Å². The Morgan fingerprint density at radius 2 is 2.12 bits per heavy atom. The summed E-state index contributed by atoms with van der Waals surface area (Å²) in [6.07, 6.45) is 0.228. The van der Waals surface area contributed by atoms with Gasteiger partial charge in [0.2, 0.25) is 0 Å². The van der Waals surface area contributed by atoms with E-state index in [1.165, 1.54) is 19.2 Å². The molecule has 1 aromatic carbocycles. The zero-order chi connectivity index (χ0) is 12.1. The number of benzene rings is 1. The summed E-state index contributed by atoms with van der Waals surface area (Å²) in [5.74, 6) is -0.435. The minimum atomic E-state index is -0.557. The molecule has 4 nitrogen and oxygen atoms in total. The lowest BCUT2D eigenvalue weighted by atomic mass is 10.0. The minimum absolute atomic E-state index is 0.125. The normalized spacial score (nSPS) is 9.88. The first-order valence-corrected chi connectivity index (χ1v) is 5.20. The van der Waals surface area contributed by atoms with E-state index in [9.17, 15) is 9.59 Å². The molecule has 5 heteroatoms. The van der Waals surface area contributed by atoms with E-state index in [-0.39, 0.29) is 29.3 Å². The molecular weight excluding hydrogens is 230 g/mol. The van der Waals surface area contributed by atoms with Crippen molar-refractivity contribution in [1.29, 1.82) is 0 Å². The van der Waals surface area contributed by atoms with Gasteiger partial charge in [0, 0.05) is 23.6 Å². The number of ether oxygens (including phenoxy) is 1. The number of rotatable bonds is 4. The molecule has 1 rings (SSSR count). The van der Waals surface area contributed by atoms with Gasteiger partial charge in [-0.2, -0.15) is 0 Å². The lowest BCUT2D eigenvalue weighted by Crippen LogP contribution is -2.08. The molecule has 2 N–H and O–H groups in total. The lowest BCUT2D eigenvalue weighted by Gasteiger charge is -2.05. The van der Waals surface area contributed by atoms with Gasteiger partial charge in [-0.25, -0.2) is 4.79 Å². The number of Topliss-reactive ketones (excluding diaryl/α,β-unsaturated/α-hetero) is 1. The summed E-state index contributed by atoms with van der Waals surface area (Å²) in [4.78, 5) is 22.9. The summed E-state index contributed by atoms with van der Waals surface area (Å²) in [6.45, 7) is 0. The first-order chi connectivity index (χ1) is 7.60. The van der Waals surface area contributed by atoms with Gasteiger partial charge in [0.1, 0.15) is 0 Å². The van der Waals surface area contributed by atoms with Crippen molar-refractivity contribution in [3.05, 3.63) is 29.3 Å². The molecule has 0 atom stereocenters. The van der Waals surface area contributed by atoms with Crippen LogP contribution in [0, 0.1) is 0 Å². The molecule has 0 saturated heterocycles. The molecule has 0 bridgehead atoms. The van der Waals surface area contributed by atoms with Crippen molar-refractivity contribution in [2.75, 3.05) is 18.7 Å². The fraction of sp³-hybridized carbons (Fsp3) is 0.273. The van der Waals surface area contributed by atoms with E-state index >= 15 is 0 Å². The van der Waals surface area contributed by atoms with Gasteiger partial charge in [0.15, 0.2) is 5.78 Å². The Balaban J connectivity index is 3.07. The van der Waals surface area contributed by atoms with E-state index < -0.39 is 5.97 Å². The Labute approximate surface area is 98.3 Å². The van der Waals surface area contributed by atoms with Crippen LogP contribution in [0.5, 0.6) is 0 Å². The predicted molar refractivity (Wildman–Crippen MR) is 61.9 cm³/mol. The van der Waals surface area contributed by atoms with E-state index in [2.05, 4.69) is 4.74 Å². The van der Waals surface area contributed by atoms with Crippen LogP contribution < -0.4 is 5.73 Å². The van der Waals surface area contributed by atoms with Crippen LogP contribution in [-0.4, -0.2) is 24.7 Å². The number of carbonyl (C=O) groups excluding carboxylic acids is 2. The third-order valence-corrected chi connectivity index (χ3v) is 2.29. The maximum absolute atomic E-state index is 11.5. The Hall–Kier alpha value is -1.55. The Morgan fingerprint density at radius 1 is 1.44 bits per heavy atom. The second kappa shape index (κ2) is 5.51. The molecule has 86 valence electrons. The standard InChI is InChI=1S/C11H12ClNO3/c1-16-11(15)8-6-7(2-3-9(8)13)10(14)4-5-12/h2-3,6H,4-5,13H2,1H3. The van der Waals surface area contributed by atoms with Crippen LogP contribution in [0.3, 0.4) is 0 Å². The van der Waals surface area contributed by atoms with E-state index in [1.807, 2.05) is 0 Å². The number of halogens is 1. The van der Waals surface area contributed by atoms with Crippen LogP contribution in [0.1, 0.15) is 27.1 Å². The number of nitrogens with two attached hydrogens (primary N) is 1. The van der Waals surface area contributed by atoms with Crippen molar-refractivity contribution >= 4 is 29.0 Å². The summed E-state index contributed by atoms with van der Waals surface area (Å²) in [5.41, 5.74) is 6.50. The lowest BCUT2D eigenvalue weighted by molar-refractivity contribution is 0.0602. The third kappa shape index (κ3) is 2.73. The second-order valence-corrected chi connectivity index (χ2v) is 3.53. The fourth-order valence-electron chi connectivity index (χ4n) is 1.25. The van der Waals surface area contributed by atoms with Gasteiger partial charge in [-0.3, -0.25) is 4.79 Å². The summed E-state index contributed by atoms with van der Waals surface area (Å²) >= 11 is 5.47. The molecule has 1 aromatic rings. The second-order valence-electron chi connectivity index (χ2n) is 3.16. The summed E-state index contributed by atoms with van der Waals surface area (Å²) in [7, 11) is 1.26. The smallest absolute Gasteiger partial charge is 0.339 e. The van der Waals surface area contributed by atoms with Crippen LogP contribution >= 0.6 is 11.6 Å². The van der Waals surface area contributed by atoms with Crippen molar-refractivity contribution < 1.29 is 14.3 Å². The third-order valence-electron chi connectivity index (χ3n) is 2.10. The molecule has 0 saturated carbocycles. The molecule has 0 unspecified atom stereocenters. The molecule has 0 aliphatic heterocycles. The van der Waals surface area contributed by atoms with Gasteiger partial charge in [0.05, 0.1) is 12.7 Å². The summed E-state index contributed by atoms with van der Waals surface area (Å²) in [5, 5.41) is 0. The number of nitrogen functional groups attached to an aromatic ring is 1. The van der Waals surface area contributed by atoms with Crippen molar-refractivity contribution in [2.24, 2.45) is 0 Å². The van der Waals surface area contributed by atoms with Crippen molar-refractivity contribution in [3.63, 3.8) is 0 Å². The summed E-state index contributed by atoms with van der Waals surface area (Å²) in [6, 6.07) is 4.50. The van der Waals surface area contributed by atoms with Gasteiger partial charge >= 0.3 is 5.97 Å². The Kier molecular flexibility index (Phi) is 4.31. The van der Waals surface area contributed by atoms with E-state index in [0.717, 1.165) is 0 Å². The average molecular weight is 242 g/mol. The SMILES string of the molecule is COC(=O)c1cc(C(=O)CCCl)ccc1N. The highest BCUT2D eigenvalue weighted by Crippen LogP contribution is 2.16. The molecule has 0 amide bonds. The highest BCUT2D eigenvalue weighted by Gasteiger charge is 2.13. The van der Waals surface area contributed by atoms with Crippen LogP contribution in [0.4, 0.5) is 5.69 Å². The number of hydrogen-bond donors (Lipinski definition) is 1. The van der Waals surface area contributed by atoms with Gasteiger partial charge in [-0.15, -0.1) is 11.6 Å². The average Bonchev–Trinajstić information content (AvgIpc) is 2.29. The molecule has 0 aliphatic carbocycles. The maximum Gasteiger partial charge on any atom is 0.339 e. The molecular formula is C11H12ClNO3. The Morgan fingerprint density at radius 3 is 2.69 bits per heavy atom. The molecule has 0 radical (unpaired) electrons. The molecule has 0 spiro atoms. The fourth-order valence-corrected chi connectivity index (χ4v) is 1.42. The zero-order valence-corrected chi connectivity index (χ0v) is 9.58. The number of methoxy groups -OCH3 is 1. The Bertz CT molecular complexity index is 418. The highest BCUT2D eigenvalue weighted by atomic mass is 35.5. The predicted octanol–water partition coefficient (Wildman–Crippen LogP) is 1.87. The van der Waals surface area contributed by atoms with Crippen molar-refractivity contribution in [3.8, 4) is 0 Å². The molecule has 0 aliphatic rings. The maximum atomic E-state index is 11.5. The van der Waals surface area contributed by atoms with Gasteiger partial charge < -0.3 is 10.5 Å². The topological polar surface area (TPSA) is 69.4 Å². The van der Waals surface area contributed by atoms with Crippen LogP contribution in [0.15, 0.2) is 18.2 Å². The van der Waals surface area contributed by atoms with Crippen molar-refractivity contribution in [2.45, 2.75) is 6.42 Å². The van der Waals surface area contributed by atoms with Gasteiger partial charge in [-0.1, -0.05) is 0 Å². The molecule has 0 aromatic heterocycles. The molecule has 0 fully saturated rings. The number of esters is 1. The largest absolute Gasteiger partial charge is 0.465 e. The van der Waals surface area contributed by atoms with Crippen LogP contribution in [-0.2, 0) is 4.74 Å². The van der Waals surface area contributed by atoms with Gasteiger partial charge in [-0.05, 0) is 18.2 Å². The number of alkyl halides is 1. The number of hydrogen-bond acceptors (Lipinski definition) is 4.